The lowest BCUT2D eigenvalue weighted by atomic mass is 10.3. The van der Waals surface area contributed by atoms with E-state index in [9.17, 15) is 13.2 Å². The first-order valence-electron chi connectivity index (χ1n) is 4.76. The smallest absolute Gasteiger partial charge is 0.295 e. The van der Waals surface area contributed by atoms with E-state index in [0.29, 0.717) is 5.69 Å². The van der Waals surface area contributed by atoms with Gasteiger partial charge in [-0.3, -0.25) is 9.89 Å². The van der Waals surface area contributed by atoms with Gasteiger partial charge in [-0.1, -0.05) is 6.07 Å². The summed E-state index contributed by atoms with van der Waals surface area (Å²) in [6.07, 6.45) is 0. The molecule has 88 valence electrons. The highest BCUT2D eigenvalue weighted by atomic mass is 32.2. The van der Waals surface area contributed by atoms with Crippen LogP contribution in [0.25, 0.3) is 5.69 Å². The van der Waals surface area contributed by atoms with E-state index in [2.05, 4.69) is 9.46 Å². The third-order valence-corrected chi connectivity index (χ3v) is 2.48. The van der Waals surface area contributed by atoms with Crippen molar-refractivity contribution in [3.8, 4) is 5.69 Å². The topological polar surface area (TPSA) is 84.3 Å². The summed E-state index contributed by atoms with van der Waals surface area (Å²) in [5, 5.41) is 2.85. The van der Waals surface area contributed by atoms with E-state index in [-0.39, 0.29) is 11.2 Å². The number of nitrogens with one attached hydrogen (secondary N) is 1. The number of nitrogens with zero attached hydrogens (tertiary/aromatic N) is 2. The lowest BCUT2D eigenvalue weighted by molar-refractivity contribution is 0.622. The van der Waals surface area contributed by atoms with Crippen molar-refractivity contribution < 1.29 is 8.42 Å². The van der Waals surface area contributed by atoms with Crippen LogP contribution in [0.5, 0.6) is 0 Å². The molecule has 1 N–H and O–H groups in total. The van der Waals surface area contributed by atoms with E-state index in [4.69, 9.17) is 0 Å². The zero-order chi connectivity index (χ0) is 12.4. The summed E-state index contributed by atoms with van der Waals surface area (Å²) in [5.74, 6) is 0. The van der Waals surface area contributed by atoms with Crippen LogP contribution in [-0.2, 0) is 10.5 Å². The van der Waals surface area contributed by atoms with Gasteiger partial charge < -0.3 is 0 Å². The van der Waals surface area contributed by atoms with Crippen LogP contribution in [-0.4, -0.2) is 18.2 Å². The molecule has 0 saturated carbocycles. The molecule has 7 heteroatoms. The van der Waals surface area contributed by atoms with E-state index in [1.165, 1.54) is 16.8 Å². The van der Waals surface area contributed by atoms with E-state index in [0.717, 1.165) is 5.69 Å². The van der Waals surface area contributed by atoms with Gasteiger partial charge in [0.15, 0.2) is 0 Å². The van der Waals surface area contributed by atoms with Crippen molar-refractivity contribution in [3.05, 3.63) is 46.4 Å². The van der Waals surface area contributed by atoms with Gasteiger partial charge >= 0.3 is 10.5 Å². The van der Waals surface area contributed by atoms with Crippen LogP contribution in [0.1, 0.15) is 5.69 Å². The van der Waals surface area contributed by atoms with Gasteiger partial charge in [0.25, 0.3) is 5.56 Å². The fourth-order valence-electron chi connectivity index (χ4n) is 1.48. The molecule has 0 amide bonds. The van der Waals surface area contributed by atoms with Gasteiger partial charge in [-0.05, 0) is 25.1 Å². The molecule has 0 unspecified atom stereocenters. The molecule has 1 aromatic carbocycles. The molecular weight excluding hydrogens is 242 g/mol. The van der Waals surface area contributed by atoms with Gasteiger partial charge in [-0.15, -0.1) is 4.36 Å². The second kappa shape index (κ2) is 4.38. The van der Waals surface area contributed by atoms with E-state index >= 15 is 0 Å². The van der Waals surface area contributed by atoms with Gasteiger partial charge in [0, 0.05) is 11.8 Å². The van der Waals surface area contributed by atoms with Crippen molar-refractivity contribution in [2.75, 3.05) is 0 Å². The SMILES string of the molecule is Cc1cc(=O)n(-c2cccc(N=S(=O)=O)c2)[nH]1. The summed E-state index contributed by atoms with van der Waals surface area (Å²) in [4.78, 5) is 11.6. The third-order valence-electron chi connectivity index (χ3n) is 2.12. The molecule has 0 aliphatic rings. The van der Waals surface area contributed by atoms with Crippen molar-refractivity contribution in [2.24, 2.45) is 4.36 Å². The standard InChI is InChI=1S/C10H9N3O3S/c1-7-5-10(14)13(11-7)9-4-2-3-8(6-9)12-17(15)16/h2-6,11H,1H3. The Morgan fingerprint density at radius 3 is 2.65 bits per heavy atom. The quantitative estimate of drug-likeness (QED) is 0.869. The predicted octanol–water partition coefficient (Wildman–Crippen LogP) is 1.17. The Morgan fingerprint density at radius 1 is 1.29 bits per heavy atom. The summed E-state index contributed by atoms with van der Waals surface area (Å²) in [6.45, 7) is 1.76. The predicted molar refractivity (Wildman–Crippen MR) is 62.1 cm³/mol. The first-order valence-corrected chi connectivity index (χ1v) is 5.79. The average molecular weight is 251 g/mol. The number of rotatable bonds is 2. The maximum atomic E-state index is 11.6. The van der Waals surface area contributed by atoms with Crippen molar-refractivity contribution >= 4 is 16.2 Å². The molecule has 0 fully saturated rings. The Labute approximate surface area is 98.2 Å². The zero-order valence-electron chi connectivity index (χ0n) is 8.91. The molecule has 0 saturated heterocycles. The van der Waals surface area contributed by atoms with Crippen molar-refractivity contribution in [2.45, 2.75) is 6.92 Å². The van der Waals surface area contributed by atoms with Crippen molar-refractivity contribution in [1.29, 1.82) is 0 Å². The van der Waals surface area contributed by atoms with Crippen LogP contribution in [0.4, 0.5) is 5.69 Å². The highest BCUT2D eigenvalue weighted by Crippen LogP contribution is 2.15. The first kappa shape index (κ1) is 11.3. The Kier molecular flexibility index (Phi) is 2.92. The normalized spacial score (nSPS) is 10.2. The van der Waals surface area contributed by atoms with E-state index in [1.54, 1.807) is 25.1 Å². The Morgan fingerprint density at radius 2 is 2.06 bits per heavy atom. The number of hydrogen-bond donors (Lipinski definition) is 1. The second-order valence-corrected chi connectivity index (χ2v) is 4.06. The van der Waals surface area contributed by atoms with Gasteiger partial charge in [0.2, 0.25) is 0 Å². The number of hydrogen-bond acceptors (Lipinski definition) is 4. The van der Waals surface area contributed by atoms with E-state index in [1.807, 2.05) is 0 Å². The second-order valence-electron chi connectivity index (χ2n) is 3.44. The van der Waals surface area contributed by atoms with Gasteiger partial charge in [-0.25, -0.2) is 4.68 Å². The molecule has 0 atom stereocenters. The number of H-pyrrole nitrogens is 1. The summed E-state index contributed by atoms with van der Waals surface area (Å²) >= 11 is 0. The monoisotopic (exact) mass is 251 g/mol. The Hall–Kier alpha value is -2.15. The molecule has 0 bridgehead atoms. The minimum Gasteiger partial charge on any atom is -0.295 e. The molecule has 1 aromatic heterocycles. The molecule has 0 radical (unpaired) electrons. The minimum absolute atomic E-state index is 0.206. The maximum Gasteiger partial charge on any atom is 0.316 e. The van der Waals surface area contributed by atoms with Crippen molar-refractivity contribution in [1.82, 2.24) is 9.78 Å². The molecule has 0 aliphatic carbocycles. The van der Waals surface area contributed by atoms with Crippen LogP contribution in [0, 0.1) is 6.92 Å². The summed E-state index contributed by atoms with van der Waals surface area (Å²) in [7, 11) is -2.50. The molecule has 2 rings (SSSR count). The van der Waals surface area contributed by atoms with Crippen LogP contribution in [0.2, 0.25) is 0 Å². The lowest BCUT2D eigenvalue weighted by Gasteiger charge is -2.01. The van der Waals surface area contributed by atoms with Crippen LogP contribution < -0.4 is 5.56 Å². The van der Waals surface area contributed by atoms with Gasteiger partial charge in [0.05, 0.1) is 11.4 Å². The molecule has 17 heavy (non-hydrogen) atoms. The van der Waals surface area contributed by atoms with Gasteiger partial charge in [-0.2, -0.15) is 8.42 Å². The zero-order valence-corrected chi connectivity index (χ0v) is 9.73. The summed E-state index contributed by atoms with van der Waals surface area (Å²) in [6, 6.07) is 7.82. The lowest BCUT2D eigenvalue weighted by Crippen LogP contribution is -2.13. The van der Waals surface area contributed by atoms with Gasteiger partial charge in [0.1, 0.15) is 0 Å². The van der Waals surface area contributed by atoms with E-state index < -0.39 is 10.5 Å². The Balaban J connectivity index is 2.58. The number of aromatic nitrogens is 2. The number of benzene rings is 1. The number of aromatic amines is 1. The molecule has 1 heterocycles. The minimum atomic E-state index is -2.50. The third kappa shape index (κ3) is 2.51. The average Bonchev–Trinajstić information content (AvgIpc) is 2.57. The fraction of sp³-hybridized carbons (Fsp3) is 0.100. The van der Waals surface area contributed by atoms with Crippen LogP contribution in [0.15, 0.2) is 39.5 Å². The Bertz CT molecular complexity index is 732. The molecular formula is C10H9N3O3S. The van der Waals surface area contributed by atoms with Crippen LogP contribution in [0.3, 0.4) is 0 Å². The summed E-state index contributed by atoms with van der Waals surface area (Å²) in [5.41, 5.74) is 1.33. The maximum absolute atomic E-state index is 11.6. The van der Waals surface area contributed by atoms with Crippen molar-refractivity contribution in [3.63, 3.8) is 0 Å². The number of aryl methyl sites for hydroxylation is 1. The molecule has 0 aliphatic heterocycles. The highest BCUT2D eigenvalue weighted by Gasteiger charge is 2.03. The summed E-state index contributed by atoms with van der Waals surface area (Å²) < 4.78 is 25.6. The first-order chi connectivity index (χ1) is 8.06. The molecule has 6 nitrogen and oxygen atoms in total. The van der Waals surface area contributed by atoms with Crippen LogP contribution >= 0.6 is 0 Å². The molecule has 0 spiro atoms. The highest BCUT2D eigenvalue weighted by molar-refractivity contribution is 7.61. The fourth-order valence-corrected chi connectivity index (χ4v) is 1.77. The molecule has 2 aromatic rings. The largest absolute Gasteiger partial charge is 0.316 e.